The lowest BCUT2D eigenvalue weighted by Gasteiger charge is -2.38. The molecule has 1 saturated heterocycles. The summed E-state index contributed by atoms with van der Waals surface area (Å²) in [7, 11) is 4.39. The van der Waals surface area contributed by atoms with Crippen molar-refractivity contribution in [3.63, 3.8) is 0 Å². The zero-order chi connectivity index (χ0) is 14.5. The van der Waals surface area contributed by atoms with Crippen molar-refractivity contribution in [2.24, 2.45) is 0 Å². The summed E-state index contributed by atoms with van der Waals surface area (Å²) < 4.78 is 0. The molecule has 2 rings (SSSR count). The molecule has 0 radical (unpaired) electrons. The Kier molecular flexibility index (Phi) is 5.44. The lowest BCUT2D eigenvalue weighted by Crippen LogP contribution is -2.42. The first-order chi connectivity index (χ1) is 9.63. The molecule has 112 valence electrons. The highest BCUT2D eigenvalue weighted by molar-refractivity contribution is 5.55. The topological polar surface area (TPSA) is 18.5 Å². The van der Waals surface area contributed by atoms with Gasteiger partial charge < -0.3 is 15.1 Å². The molecule has 0 spiro atoms. The Hall–Kier alpha value is -1.06. The van der Waals surface area contributed by atoms with E-state index in [9.17, 15) is 0 Å². The van der Waals surface area contributed by atoms with Gasteiger partial charge in [-0.3, -0.25) is 0 Å². The largest absolute Gasteiger partial charge is 0.371 e. The van der Waals surface area contributed by atoms with Crippen LogP contribution in [0.4, 0.5) is 5.69 Å². The van der Waals surface area contributed by atoms with Crippen LogP contribution in [0.3, 0.4) is 0 Å². The van der Waals surface area contributed by atoms with Crippen molar-refractivity contribution in [2.45, 2.75) is 38.8 Å². The Labute approximate surface area is 124 Å². The third kappa shape index (κ3) is 3.53. The predicted molar refractivity (Wildman–Crippen MR) is 87.5 cm³/mol. The Bertz CT molecular complexity index is 408. The molecule has 1 N–H and O–H groups in total. The minimum atomic E-state index is 0.419. The summed E-state index contributed by atoms with van der Waals surface area (Å²) in [4.78, 5) is 4.92. The van der Waals surface area contributed by atoms with E-state index in [0.717, 1.165) is 12.6 Å². The van der Waals surface area contributed by atoms with Gasteiger partial charge in [-0.1, -0.05) is 25.1 Å². The van der Waals surface area contributed by atoms with Crippen LogP contribution in [0.15, 0.2) is 24.3 Å². The average molecular weight is 275 g/mol. The van der Waals surface area contributed by atoms with Gasteiger partial charge in [0, 0.05) is 30.9 Å². The van der Waals surface area contributed by atoms with E-state index in [1.165, 1.54) is 37.2 Å². The van der Waals surface area contributed by atoms with Gasteiger partial charge in [-0.15, -0.1) is 0 Å². The van der Waals surface area contributed by atoms with Crippen LogP contribution in [0.25, 0.3) is 0 Å². The van der Waals surface area contributed by atoms with Crippen LogP contribution in [0.5, 0.6) is 0 Å². The minimum Gasteiger partial charge on any atom is -0.371 e. The third-order valence-corrected chi connectivity index (χ3v) is 4.45. The van der Waals surface area contributed by atoms with Crippen LogP contribution >= 0.6 is 0 Å². The molecule has 3 nitrogen and oxygen atoms in total. The summed E-state index contributed by atoms with van der Waals surface area (Å²) in [6, 6.07) is 10.0. The molecule has 1 aliphatic rings. The second-order valence-electron chi connectivity index (χ2n) is 6.02. The van der Waals surface area contributed by atoms with Crippen LogP contribution in [0.2, 0.25) is 0 Å². The SMILES string of the molecule is CCNC(C)c1ccccc1N1CCC(N(C)C)CC1. The molecule has 20 heavy (non-hydrogen) atoms. The van der Waals surface area contributed by atoms with Gasteiger partial charge in [0.2, 0.25) is 0 Å². The molecular formula is C17H29N3. The Morgan fingerprint density at radius 2 is 1.90 bits per heavy atom. The molecule has 1 aromatic carbocycles. The summed E-state index contributed by atoms with van der Waals surface area (Å²) in [5, 5.41) is 3.53. The number of nitrogens with zero attached hydrogens (tertiary/aromatic N) is 2. The Balaban J connectivity index is 2.10. The predicted octanol–water partition coefficient (Wildman–Crippen LogP) is 2.89. The number of rotatable bonds is 5. The van der Waals surface area contributed by atoms with E-state index in [1.807, 2.05) is 0 Å². The molecule has 0 aliphatic carbocycles. The van der Waals surface area contributed by atoms with E-state index < -0.39 is 0 Å². The lowest BCUT2D eigenvalue weighted by molar-refractivity contribution is 0.249. The van der Waals surface area contributed by atoms with E-state index in [1.54, 1.807) is 0 Å². The van der Waals surface area contributed by atoms with Gasteiger partial charge in [-0.2, -0.15) is 0 Å². The smallest absolute Gasteiger partial charge is 0.0414 e. The number of hydrogen-bond donors (Lipinski definition) is 1. The fourth-order valence-corrected chi connectivity index (χ4v) is 3.18. The van der Waals surface area contributed by atoms with Crippen LogP contribution in [-0.4, -0.2) is 44.7 Å². The van der Waals surface area contributed by atoms with Crippen LogP contribution in [0, 0.1) is 0 Å². The number of anilines is 1. The average Bonchev–Trinajstić information content (AvgIpc) is 2.47. The van der Waals surface area contributed by atoms with Gasteiger partial charge in [0.25, 0.3) is 0 Å². The maximum atomic E-state index is 3.53. The number of hydrogen-bond acceptors (Lipinski definition) is 3. The van der Waals surface area contributed by atoms with Gasteiger partial charge in [0.05, 0.1) is 0 Å². The van der Waals surface area contributed by atoms with Gasteiger partial charge in [-0.25, -0.2) is 0 Å². The van der Waals surface area contributed by atoms with Crippen LogP contribution in [-0.2, 0) is 0 Å². The summed E-state index contributed by atoms with van der Waals surface area (Å²) in [6.07, 6.45) is 2.52. The van der Waals surface area contributed by atoms with Gasteiger partial charge in [-0.05, 0) is 52.0 Å². The standard InChI is InChI=1S/C17H29N3/c1-5-18-14(2)16-8-6-7-9-17(16)20-12-10-15(11-13-20)19(3)4/h6-9,14-15,18H,5,10-13H2,1-4H3. The van der Waals surface area contributed by atoms with Crippen molar-refractivity contribution < 1.29 is 0 Å². The molecule has 1 aromatic rings. The van der Waals surface area contributed by atoms with Gasteiger partial charge in [0.15, 0.2) is 0 Å². The second-order valence-corrected chi connectivity index (χ2v) is 6.02. The zero-order valence-electron chi connectivity index (χ0n) is 13.4. The van der Waals surface area contributed by atoms with E-state index in [0.29, 0.717) is 6.04 Å². The number of piperidine rings is 1. The highest BCUT2D eigenvalue weighted by Crippen LogP contribution is 2.29. The Morgan fingerprint density at radius 3 is 2.50 bits per heavy atom. The fraction of sp³-hybridized carbons (Fsp3) is 0.647. The zero-order valence-corrected chi connectivity index (χ0v) is 13.4. The first-order valence-electron chi connectivity index (χ1n) is 7.87. The molecule has 1 heterocycles. The number of nitrogens with one attached hydrogen (secondary N) is 1. The summed E-state index contributed by atoms with van der Waals surface area (Å²) in [5.41, 5.74) is 2.84. The summed E-state index contributed by atoms with van der Waals surface area (Å²) >= 11 is 0. The monoisotopic (exact) mass is 275 g/mol. The van der Waals surface area contributed by atoms with Crippen LogP contribution in [0.1, 0.15) is 38.3 Å². The third-order valence-electron chi connectivity index (χ3n) is 4.45. The quantitative estimate of drug-likeness (QED) is 0.891. The molecule has 0 amide bonds. The van der Waals surface area contributed by atoms with E-state index in [2.05, 4.69) is 67.3 Å². The molecule has 1 fully saturated rings. The van der Waals surface area contributed by atoms with Gasteiger partial charge in [0.1, 0.15) is 0 Å². The van der Waals surface area contributed by atoms with Crippen molar-refractivity contribution in [3.05, 3.63) is 29.8 Å². The maximum Gasteiger partial charge on any atom is 0.0414 e. The Morgan fingerprint density at radius 1 is 1.25 bits per heavy atom. The van der Waals surface area contributed by atoms with E-state index in [4.69, 9.17) is 0 Å². The number of para-hydroxylation sites is 1. The molecule has 1 aliphatic heterocycles. The van der Waals surface area contributed by atoms with Crippen molar-refractivity contribution in [1.29, 1.82) is 0 Å². The molecule has 0 aromatic heterocycles. The summed E-state index contributed by atoms with van der Waals surface area (Å²) in [6.45, 7) is 7.77. The van der Waals surface area contributed by atoms with E-state index >= 15 is 0 Å². The fourth-order valence-electron chi connectivity index (χ4n) is 3.18. The van der Waals surface area contributed by atoms with Crippen LogP contribution < -0.4 is 10.2 Å². The molecule has 0 saturated carbocycles. The normalized spacial score (nSPS) is 18.6. The molecular weight excluding hydrogens is 246 g/mol. The molecule has 1 atom stereocenters. The highest BCUT2D eigenvalue weighted by atomic mass is 15.2. The molecule has 0 bridgehead atoms. The van der Waals surface area contributed by atoms with Crippen molar-refractivity contribution in [1.82, 2.24) is 10.2 Å². The van der Waals surface area contributed by atoms with E-state index in [-0.39, 0.29) is 0 Å². The van der Waals surface area contributed by atoms with Crippen molar-refractivity contribution in [3.8, 4) is 0 Å². The van der Waals surface area contributed by atoms with Crippen molar-refractivity contribution >= 4 is 5.69 Å². The second kappa shape index (κ2) is 7.09. The lowest BCUT2D eigenvalue weighted by atomic mass is 10.00. The molecule has 3 heteroatoms. The number of benzene rings is 1. The highest BCUT2D eigenvalue weighted by Gasteiger charge is 2.22. The maximum absolute atomic E-state index is 3.53. The first kappa shape index (κ1) is 15.3. The van der Waals surface area contributed by atoms with Crippen molar-refractivity contribution in [2.75, 3.05) is 38.6 Å². The summed E-state index contributed by atoms with van der Waals surface area (Å²) in [5.74, 6) is 0. The molecule has 1 unspecified atom stereocenters. The minimum absolute atomic E-state index is 0.419. The van der Waals surface area contributed by atoms with Gasteiger partial charge >= 0.3 is 0 Å². The first-order valence-corrected chi connectivity index (χ1v) is 7.87.